The van der Waals surface area contributed by atoms with E-state index in [9.17, 15) is 4.79 Å². The summed E-state index contributed by atoms with van der Waals surface area (Å²) in [7, 11) is 0. The fourth-order valence-corrected chi connectivity index (χ4v) is 4.86. The summed E-state index contributed by atoms with van der Waals surface area (Å²) in [5.74, 6) is 1.07. The molecule has 1 aliphatic carbocycles. The third-order valence-corrected chi connectivity index (χ3v) is 6.31. The van der Waals surface area contributed by atoms with Crippen LogP contribution in [0.3, 0.4) is 0 Å². The van der Waals surface area contributed by atoms with Gasteiger partial charge in [-0.3, -0.25) is 5.10 Å². The lowest BCUT2D eigenvalue weighted by molar-refractivity contribution is 0.191. The van der Waals surface area contributed by atoms with Crippen molar-refractivity contribution in [1.82, 2.24) is 25.4 Å². The maximum atomic E-state index is 12.7. The molecule has 1 unspecified atom stereocenters. The van der Waals surface area contributed by atoms with Crippen molar-refractivity contribution in [3.05, 3.63) is 46.0 Å². The van der Waals surface area contributed by atoms with Crippen LogP contribution in [0.15, 0.2) is 24.5 Å². The number of aromatic amines is 1. The first-order valence-corrected chi connectivity index (χ1v) is 9.67. The highest BCUT2D eigenvalue weighted by Crippen LogP contribution is 2.48. The number of benzene rings is 1. The van der Waals surface area contributed by atoms with Crippen molar-refractivity contribution >= 4 is 29.2 Å². The van der Waals surface area contributed by atoms with Crippen molar-refractivity contribution in [2.45, 2.75) is 37.0 Å². The maximum absolute atomic E-state index is 12.7. The fraction of sp³-hybridized carbons (Fsp3) is 0.500. The number of carbonyl (C=O) groups excluding carboxylic acids is 1. The third-order valence-electron chi connectivity index (χ3n) is 5.68. The third kappa shape index (κ3) is 3.16. The van der Waals surface area contributed by atoms with E-state index in [0.29, 0.717) is 23.1 Å². The highest BCUT2D eigenvalue weighted by atomic mass is 35.5. The highest BCUT2D eigenvalue weighted by molar-refractivity contribution is 6.36. The average molecular weight is 394 g/mol. The number of carbonyl (C=O) groups is 1. The molecular formula is C18H21Cl2N5O. The van der Waals surface area contributed by atoms with Gasteiger partial charge in [-0.25, -0.2) is 9.78 Å². The molecule has 2 N–H and O–H groups in total. The van der Waals surface area contributed by atoms with Gasteiger partial charge >= 0.3 is 6.03 Å². The van der Waals surface area contributed by atoms with Gasteiger partial charge in [-0.1, -0.05) is 35.7 Å². The largest absolute Gasteiger partial charge is 0.337 e. The summed E-state index contributed by atoms with van der Waals surface area (Å²) in [5.41, 5.74) is 0.811. The van der Waals surface area contributed by atoms with Crippen LogP contribution in [0.2, 0.25) is 10.0 Å². The van der Waals surface area contributed by atoms with Crippen LogP contribution in [0.5, 0.6) is 0 Å². The minimum Gasteiger partial charge on any atom is -0.337 e. The van der Waals surface area contributed by atoms with Gasteiger partial charge in [-0.15, -0.1) is 0 Å². The molecule has 8 heteroatoms. The van der Waals surface area contributed by atoms with E-state index < -0.39 is 0 Å². The summed E-state index contributed by atoms with van der Waals surface area (Å²) in [6.07, 6.45) is 5.49. The summed E-state index contributed by atoms with van der Waals surface area (Å²) < 4.78 is 0. The predicted molar refractivity (Wildman–Crippen MR) is 101 cm³/mol. The van der Waals surface area contributed by atoms with E-state index in [2.05, 4.69) is 20.5 Å². The number of H-pyrrole nitrogens is 1. The molecule has 2 heterocycles. The van der Waals surface area contributed by atoms with E-state index >= 15 is 0 Å². The minimum atomic E-state index is -0.158. The summed E-state index contributed by atoms with van der Waals surface area (Å²) in [4.78, 5) is 18.7. The van der Waals surface area contributed by atoms with Gasteiger partial charge in [0.2, 0.25) is 0 Å². The molecule has 2 amide bonds. The van der Waals surface area contributed by atoms with Gasteiger partial charge in [0.1, 0.15) is 12.2 Å². The molecule has 6 nitrogen and oxygen atoms in total. The Bertz CT molecular complexity index is 771. The standard InChI is InChI=1S/C18H21Cl2N5O/c19-13-3-1-4-14(20)15(13)18(6-2-7-18)10-21-17(26)25-8-5-12(9-25)16-22-11-23-24-16/h1,3-4,11-12H,2,5-10H2,(H,21,26)(H,22,23,24). The zero-order chi connectivity index (χ0) is 18.1. The Morgan fingerprint density at radius 2 is 2.12 bits per heavy atom. The van der Waals surface area contributed by atoms with E-state index in [1.807, 2.05) is 23.1 Å². The van der Waals surface area contributed by atoms with Crippen molar-refractivity contribution in [3.63, 3.8) is 0 Å². The number of amides is 2. The Kier molecular flexibility index (Phi) is 4.80. The molecule has 1 aromatic carbocycles. The van der Waals surface area contributed by atoms with Crippen molar-refractivity contribution in [2.75, 3.05) is 19.6 Å². The van der Waals surface area contributed by atoms with Crippen LogP contribution in [0.25, 0.3) is 0 Å². The van der Waals surface area contributed by atoms with Gasteiger partial charge in [0.05, 0.1) is 0 Å². The highest BCUT2D eigenvalue weighted by Gasteiger charge is 2.42. The van der Waals surface area contributed by atoms with E-state index in [4.69, 9.17) is 23.2 Å². The quantitative estimate of drug-likeness (QED) is 0.830. The monoisotopic (exact) mass is 393 g/mol. The van der Waals surface area contributed by atoms with Crippen molar-refractivity contribution in [2.24, 2.45) is 0 Å². The molecule has 1 atom stereocenters. The van der Waals surface area contributed by atoms with Crippen LogP contribution >= 0.6 is 23.2 Å². The van der Waals surface area contributed by atoms with Gasteiger partial charge in [0, 0.05) is 41.0 Å². The summed E-state index contributed by atoms with van der Waals surface area (Å²) in [6.45, 7) is 1.93. The minimum absolute atomic E-state index is 0.0403. The second kappa shape index (κ2) is 7.08. The van der Waals surface area contributed by atoms with Gasteiger partial charge in [-0.05, 0) is 37.0 Å². The normalized spacial score (nSPS) is 21.5. The number of hydrogen-bond donors (Lipinski definition) is 2. The number of halogens is 2. The second-order valence-electron chi connectivity index (χ2n) is 7.19. The van der Waals surface area contributed by atoms with E-state index in [1.54, 1.807) is 0 Å². The number of hydrogen-bond acceptors (Lipinski definition) is 3. The second-order valence-corrected chi connectivity index (χ2v) is 8.01. The van der Waals surface area contributed by atoms with Crippen LogP contribution < -0.4 is 5.32 Å². The van der Waals surface area contributed by atoms with Gasteiger partial charge < -0.3 is 10.2 Å². The molecule has 138 valence electrons. The lowest BCUT2D eigenvalue weighted by Crippen LogP contribution is -2.49. The molecule has 1 saturated carbocycles. The first kappa shape index (κ1) is 17.6. The first-order valence-electron chi connectivity index (χ1n) is 8.92. The Labute approximate surface area is 162 Å². The van der Waals surface area contributed by atoms with Crippen LogP contribution in [0.1, 0.15) is 43.0 Å². The molecule has 4 rings (SSSR count). The number of nitrogens with zero attached hydrogens (tertiary/aromatic N) is 3. The predicted octanol–water partition coefficient (Wildman–Crippen LogP) is 3.73. The van der Waals surface area contributed by atoms with Crippen LogP contribution in [0.4, 0.5) is 4.79 Å². The molecule has 1 aliphatic heterocycles. The van der Waals surface area contributed by atoms with E-state index in [0.717, 1.165) is 43.6 Å². The summed E-state index contributed by atoms with van der Waals surface area (Å²) >= 11 is 12.8. The van der Waals surface area contributed by atoms with Gasteiger partial charge in [-0.2, -0.15) is 5.10 Å². The van der Waals surface area contributed by atoms with Crippen LogP contribution in [-0.2, 0) is 5.41 Å². The summed E-state index contributed by atoms with van der Waals surface area (Å²) in [6, 6.07) is 5.55. The SMILES string of the molecule is O=C(NCC1(c2c(Cl)cccc2Cl)CCC1)N1CCC(c2ncn[nH]2)C1. The number of aromatic nitrogens is 3. The summed E-state index contributed by atoms with van der Waals surface area (Å²) in [5, 5.41) is 11.3. The maximum Gasteiger partial charge on any atom is 0.317 e. The molecule has 0 radical (unpaired) electrons. The van der Waals surface area contributed by atoms with Crippen molar-refractivity contribution in [3.8, 4) is 0 Å². The topological polar surface area (TPSA) is 73.9 Å². The van der Waals surface area contributed by atoms with Crippen molar-refractivity contribution < 1.29 is 4.79 Å². The molecule has 1 aromatic heterocycles. The van der Waals surface area contributed by atoms with E-state index in [-0.39, 0.29) is 17.4 Å². The smallest absolute Gasteiger partial charge is 0.317 e. The Hall–Kier alpha value is -1.79. The zero-order valence-electron chi connectivity index (χ0n) is 14.3. The Morgan fingerprint density at radius 3 is 2.73 bits per heavy atom. The number of rotatable bonds is 4. The number of urea groups is 1. The van der Waals surface area contributed by atoms with Crippen LogP contribution in [0, 0.1) is 0 Å². The molecule has 2 aliphatic rings. The zero-order valence-corrected chi connectivity index (χ0v) is 15.9. The van der Waals surface area contributed by atoms with Gasteiger partial charge in [0.25, 0.3) is 0 Å². The van der Waals surface area contributed by atoms with E-state index in [1.165, 1.54) is 6.33 Å². The lowest BCUT2D eigenvalue weighted by Gasteiger charge is -2.43. The molecule has 0 bridgehead atoms. The molecule has 2 aromatic rings. The number of likely N-dealkylation sites (tertiary alicyclic amines) is 1. The van der Waals surface area contributed by atoms with Gasteiger partial charge in [0.15, 0.2) is 0 Å². The average Bonchev–Trinajstić information content (AvgIpc) is 3.26. The molecule has 1 saturated heterocycles. The first-order chi connectivity index (χ1) is 12.6. The Balaban J connectivity index is 1.41. The Morgan fingerprint density at radius 1 is 1.35 bits per heavy atom. The fourth-order valence-electron chi connectivity index (χ4n) is 4.06. The number of nitrogens with one attached hydrogen (secondary N) is 2. The molecule has 2 fully saturated rings. The molecule has 0 spiro atoms. The van der Waals surface area contributed by atoms with Crippen molar-refractivity contribution in [1.29, 1.82) is 0 Å². The lowest BCUT2D eigenvalue weighted by atomic mass is 9.64. The molecular weight excluding hydrogens is 373 g/mol. The molecule has 26 heavy (non-hydrogen) atoms. The van der Waals surface area contributed by atoms with Crippen LogP contribution in [-0.4, -0.2) is 45.7 Å².